The van der Waals surface area contributed by atoms with Crippen LogP contribution in [0.1, 0.15) is 5.56 Å². The van der Waals surface area contributed by atoms with Crippen molar-refractivity contribution in [3.8, 4) is 0 Å². The van der Waals surface area contributed by atoms with Gasteiger partial charge in [0, 0.05) is 6.07 Å². The van der Waals surface area contributed by atoms with E-state index in [0.717, 1.165) is 5.32 Å². The number of anilines is 2. The Hall–Kier alpha value is -3.21. The van der Waals surface area contributed by atoms with Crippen LogP contribution in [0.15, 0.2) is 12.1 Å². The fourth-order valence-corrected chi connectivity index (χ4v) is 1.77. The first kappa shape index (κ1) is 25.8. The van der Waals surface area contributed by atoms with Gasteiger partial charge in [-0.2, -0.15) is 30.7 Å². The first-order valence-corrected chi connectivity index (χ1v) is 7.17. The number of benzene rings is 1. The van der Waals surface area contributed by atoms with Crippen molar-refractivity contribution in [2.24, 2.45) is 0 Å². The summed E-state index contributed by atoms with van der Waals surface area (Å²) in [5.74, 6) is -17.3. The summed E-state index contributed by atoms with van der Waals surface area (Å²) in [6.45, 7) is 0. The molecule has 2 amide bonds. The molecule has 0 heterocycles. The predicted octanol–water partition coefficient (Wildman–Crippen LogP) is 4.29. The zero-order valence-corrected chi connectivity index (χ0v) is 14.0. The molecule has 1 aromatic rings. The van der Waals surface area contributed by atoms with Gasteiger partial charge in [0.2, 0.25) is 0 Å². The predicted molar refractivity (Wildman–Crippen MR) is 77.3 cm³/mol. The van der Waals surface area contributed by atoms with Crippen molar-refractivity contribution in [2.45, 2.75) is 30.9 Å². The summed E-state index contributed by atoms with van der Waals surface area (Å²) >= 11 is 0. The number of carbonyl (C=O) groups is 2. The summed E-state index contributed by atoms with van der Waals surface area (Å²) in [5.41, 5.74) is -7.79. The Morgan fingerprint density at radius 3 is 1.61 bits per heavy atom. The molecule has 174 valence electrons. The molecular formula is C13H6F11N3O4. The zero-order chi connectivity index (χ0) is 24.5. The van der Waals surface area contributed by atoms with Crippen molar-refractivity contribution >= 4 is 28.9 Å². The molecule has 2 N–H and O–H groups in total. The van der Waals surface area contributed by atoms with Crippen LogP contribution in [0, 0.1) is 10.1 Å². The van der Waals surface area contributed by atoms with E-state index >= 15 is 0 Å². The average molecular weight is 477 g/mol. The van der Waals surface area contributed by atoms with E-state index in [1.807, 2.05) is 0 Å². The van der Waals surface area contributed by atoms with Crippen LogP contribution in [0.3, 0.4) is 0 Å². The molecule has 1 aromatic carbocycles. The van der Waals surface area contributed by atoms with Gasteiger partial charge in [-0.05, 0) is 6.07 Å². The third-order valence-corrected chi connectivity index (χ3v) is 3.28. The van der Waals surface area contributed by atoms with Gasteiger partial charge in [-0.3, -0.25) is 19.7 Å². The molecule has 0 spiro atoms. The fourth-order valence-electron chi connectivity index (χ4n) is 1.77. The van der Waals surface area contributed by atoms with Crippen LogP contribution in [0.5, 0.6) is 0 Å². The van der Waals surface area contributed by atoms with Gasteiger partial charge < -0.3 is 10.6 Å². The van der Waals surface area contributed by atoms with Crippen LogP contribution < -0.4 is 10.6 Å². The Morgan fingerprint density at radius 1 is 0.839 bits per heavy atom. The number of hydrogen-bond acceptors (Lipinski definition) is 4. The van der Waals surface area contributed by atoms with Gasteiger partial charge in [-0.25, -0.2) is 17.6 Å². The number of nitrogens with zero attached hydrogens (tertiary/aromatic N) is 1. The van der Waals surface area contributed by atoms with Gasteiger partial charge in [0.25, 0.3) is 5.69 Å². The van der Waals surface area contributed by atoms with Gasteiger partial charge in [0.1, 0.15) is 5.69 Å². The molecule has 18 heteroatoms. The zero-order valence-electron chi connectivity index (χ0n) is 14.0. The van der Waals surface area contributed by atoms with Crippen molar-refractivity contribution < 1.29 is 62.8 Å². The maximum absolute atomic E-state index is 13.1. The number of nitrogens with one attached hydrogen (secondary N) is 2. The monoisotopic (exact) mass is 477 g/mol. The van der Waals surface area contributed by atoms with Gasteiger partial charge in [-0.15, -0.1) is 0 Å². The van der Waals surface area contributed by atoms with E-state index in [0.29, 0.717) is 5.32 Å². The van der Waals surface area contributed by atoms with E-state index in [2.05, 4.69) is 0 Å². The number of nitro benzene ring substituents is 1. The molecule has 0 saturated heterocycles. The Labute approximate surface area is 162 Å². The molecule has 0 saturated carbocycles. The molecule has 0 atom stereocenters. The third-order valence-electron chi connectivity index (χ3n) is 3.28. The SMILES string of the molecule is O=C(Nc1cc(C(F)(F)F)cc([N+](=O)[O-])c1NC(=O)C(F)(F)C(F)F)C(F)(F)C(F)F. The highest BCUT2D eigenvalue weighted by molar-refractivity contribution is 6.06. The molecule has 0 fully saturated rings. The maximum atomic E-state index is 13.1. The highest BCUT2D eigenvalue weighted by Gasteiger charge is 2.51. The lowest BCUT2D eigenvalue weighted by molar-refractivity contribution is -0.384. The summed E-state index contributed by atoms with van der Waals surface area (Å²) in [5, 5.41) is 12.4. The largest absolute Gasteiger partial charge is 0.416 e. The van der Waals surface area contributed by atoms with Gasteiger partial charge in [-0.1, -0.05) is 0 Å². The summed E-state index contributed by atoms with van der Waals surface area (Å²) in [4.78, 5) is 31.8. The normalized spacial score (nSPS) is 12.8. The van der Waals surface area contributed by atoms with E-state index in [4.69, 9.17) is 0 Å². The molecule has 0 aliphatic carbocycles. The number of hydrogen-bond donors (Lipinski definition) is 2. The molecule has 0 aliphatic rings. The highest BCUT2D eigenvalue weighted by atomic mass is 19.4. The molecular weight excluding hydrogens is 471 g/mol. The molecule has 0 bridgehead atoms. The van der Waals surface area contributed by atoms with Crippen molar-refractivity contribution in [3.05, 3.63) is 27.8 Å². The number of rotatable bonds is 7. The number of halogens is 11. The number of nitro groups is 1. The second-order valence-electron chi connectivity index (χ2n) is 5.43. The summed E-state index contributed by atoms with van der Waals surface area (Å²) in [6.07, 6.45) is -14.9. The van der Waals surface area contributed by atoms with Crippen molar-refractivity contribution in [3.63, 3.8) is 0 Å². The first-order chi connectivity index (χ1) is 13.8. The Kier molecular flexibility index (Phi) is 7.08. The van der Waals surface area contributed by atoms with E-state index in [-0.39, 0.29) is 0 Å². The molecule has 31 heavy (non-hydrogen) atoms. The van der Waals surface area contributed by atoms with E-state index in [1.54, 1.807) is 0 Å². The summed E-state index contributed by atoms with van der Waals surface area (Å²) in [6, 6.07) is -0.834. The smallest absolute Gasteiger partial charge is 0.319 e. The number of carbonyl (C=O) groups excluding carboxylic acids is 2. The van der Waals surface area contributed by atoms with Crippen LogP contribution in [-0.2, 0) is 15.8 Å². The van der Waals surface area contributed by atoms with Crippen LogP contribution in [0.25, 0.3) is 0 Å². The molecule has 0 aromatic heterocycles. The van der Waals surface area contributed by atoms with Crippen LogP contribution >= 0.6 is 0 Å². The standard InChI is InChI=1S/C13H6F11N3O4/c14-7(15)11(18,19)9(28)25-4-1-3(13(22,23)24)2-5(27(30)31)6(4)26-10(29)12(20,21)8(16)17/h1-2,7-8H,(H,25,28)(H,26,29). The van der Waals surface area contributed by atoms with Crippen LogP contribution in [-0.4, -0.2) is 41.4 Å². The lowest BCUT2D eigenvalue weighted by Gasteiger charge is -2.20. The minimum atomic E-state index is -5.59. The fraction of sp³-hybridized carbons (Fsp3) is 0.385. The third kappa shape index (κ3) is 5.48. The van der Waals surface area contributed by atoms with E-state index in [1.165, 1.54) is 0 Å². The molecule has 7 nitrogen and oxygen atoms in total. The lowest BCUT2D eigenvalue weighted by atomic mass is 10.1. The topological polar surface area (TPSA) is 101 Å². The van der Waals surface area contributed by atoms with Crippen molar-refractivity contribution in [2.75, 3.05) is 10.6 Å². The van der Waals surface area contributed by atoms with Crippen molar-refractivity contribution in [1.82, 2.24) is 0 Å². The minimum absolute atomic E-state index is 0.414. The number of alkyl halides is 11. The number of amides is 2. The Morgan fingerprint density at radius 2 is 1.26 bits per heavy atom. The first-order valence-electron chi connectivity index (χ1n) is 7.17. The van der Waals surface area contributed by atoms with Crippen molar-refractivity contribution in [1.29, 1.82) is 0 Å². The van der Waals surface area contributed by atoms with Crippen LogP contribution in [0.4, 0.5) is 65.4 Å². The average Bonchev–Trinajstić information content (AvgIpc) is 2.60. The summed E-state index contributed by atoms with van der Waals surface area (Å²) in [7, 11) is 0. The van der Waals surface area contributed by atoms with E-state index < -0.39 is 82.4 Å². The van der Waals surface area contributed by atoms with Gasteiger partial charge >= 0.3 is 42.7 Å². The highest BCUT2D eigenvalue weighted by Crippen LogP contribution is 2.41. The van der Waals surface area contributed by atoms with Gasteiger partial charge in [0.15, 0.2) is 0 Å². The summed E-state index contributed by atoms with van der Waals surface area (Å²) < 4.78 is 140. The Bertz CT molecular complexity index is 886. The lowest BCUT2D eigenvalue weighted by Crippen LogP contribution is -2.42. The molecule has 1 rings (SSSR count). The maximum Gasteiger partial charge on any atom is 0.416 e. The molecule has 0 radical (unpaired) electrons. The van der Waals surface area contributed by atoms with Gasteiger partial charge in [0.05, 0.1) is 16.2 Å². The molecule has 0 unspecified atom stereocenters. The quantitative estimate of drug-likeness (QED) is 0.348. The van der Waals surface area contributed by atoms with Crippen LogP contribution in [0.2, 0.25) is 0 Å². The second kappa shape index (κ2) is 8.50. The Balaban J connectivity index is 3.70. The second-order valence-corrected chi connectivity index (χ2v) is 5.43. The molecule has 0 aliphatic heterocycles. The minimum Gasteiger partial charge on any atom is -0.319 e. The van der Waals surface area contributed by atoms with E-state index in [9.17, 15) is 68.0 Å².